The van der Waals surface area contributed by atoms with Gasteiger partial charge in [0.15, 0.2) is 0 Å². The molecule has 0 aliphatic carbocycles. The number of aryl methyl sites for hydroxylation is 2. The number of likely N-dealkylation sites (tertiary alicyclic amines) is 1. The molecule has 1 atom stereocenters. The molecule has 0 radical (unpaired) electrons. The Balaban J connectivity index is 1.73. The van der Waals surface area contributed by atoms with Gasteiger partial charge in [0.25, 0.3) is 0 Å². The van der Waals surface area contributed by atoms with Crippen molar-refractivity contribution in [2.24, 2.45) is 0 Å². The predicted molar refractivity (Wildman–Crippen MR) is 108 cm³/mol. The van der Waals surface area contributed by atoms with E-state index >= 15 is 0 Å². The molecule has 0 N–H and O–H groups in total. The predicted octanol–water partition coefficient (Wildman–Crippen LogP) is 2.39. The maximum absolute atomic E-state index is 13.1. The van der Waals surface area contributed by atoms with Crippen molar-refractivity contribution in [1.29, 1.82) is 0 Å². The lowest BCUT2D eigenvalue weighted by atomic mass is 9.86. The fourth-order valence-electron chi connectivity index (χ4n) is 4.51. The van der Waals surface area contributed by atoms with Crippen molar-refractivity contribution in [3.63, 3.8) is 0 Å². The van der Waals surface area contributed by atoms with Crippen LogP contribution in [-0.4, -0.2) is 71.8 Å². The van der Waals surface area contributed by atoms with Gasteiger partial charge in [-0.15, -0.1) is 0 Å². The van der Waals surface area contributed by atoms with Gasteiger partial charge in [-0.05, 0) is 51.8 Å². The smallest absolute Gasteiger partial charge is 0.227 e. The van der Waals surface area contributed by atoms with Gasteiger partial charge in [0, 0.05) is 44.7 Å². The zero-order chi connectivity index (χ0) is 19.6. The highest BCUT2D eigenvalue weighted by Crippen LogP contribution is 2.32. The van der Waals surface area contributed by atoms with Crippen molar-refractivity contribution in [3.8, 4) is 0 Å². The van der Waals surface area contributed by atoms with Crippen LogP contribution >= 0.6 is 0 Å². The Morgan fingerprint density at radius 3 is 2.67 bits per heavy atom. The monoisotopic (exact) mass is 371 g/mol. The minimum absolute atomic E-state index is 0.0743. The normalized spacial score (nSPS) is 24.4. The molecule has 1 aromatic rings. The van der Waals surface area contributed by atoms with E-state index in [4.69, 9.17) is 0 Å². The summed E-state index contributed by atoms with van der Waals surface area (Å²) in [5, 5.41) is 0. The van der Waals surface area contributed by atoms with E-state index in [2.05, 4.69) is 44.0 Å². The van der Waals surface area contributed by atoms with Crippen LogP contribution in [0.5, 0.6) is 0 Å². The first-order valence-corrected chi connectivity index (χ1v) is 10.2. The van der Waals surface area contributed by atoms with Gasteiger partial charge in [-0.1, -0.05) is 23.8 Å². The standard InChI is InChI=1S/C22H33N3O2/c1-5-24-11-10-22(9-8-20(24)26)16-25(13-12-23(22)4)21(27)15-19-14-17(2)6-7-18(19)3/h6-7,14H,5,8-13,15-16H2,1-4H3/t22-/m0/s1. The van der Waals surface area contributed by atoms with Gasteiger partial charge in [-0.2, -0.15) is 0 Å². The van der Waals surface area contributed by atoms with Crippen LogP contribution in [0.15, 0.2) is 18.2 Å². The first-order valence-electron chi connectivity index (χ1n) is 10.2. The third-order valence-electron chi connectivity index (χ3n) is 6.59. The van der Waals surface area contributed by atoms with Gasteiger partial charge < -0.3 is 9.80 Å². The Hall–Kier alpha value is -1.88. The van der Waals surface area contributed by atoms with E-state index < -0.39 is 0 Å². The molecular formula is C22H33N3O2. The maximum atomic E-state index is 13.1. The number of rotatable bonds is 3. The molecule has 2 aliphatic heterocycles. The van der Waals surface area contributed by atoms with Crippen molar-refractivity contribution in [1.82, 2.24) is 14.7 Å². The molecule has 2 amide bonds. The highest BCUT2D eigenvalue weighted by atomic mass is 16.2. The quantitative estimate of drug-likeness (QED) is 0.819. The Morgan fingerprint density at radius 1 is 1.15 bits per heavy atom. The van der Waals surface area contributed by atoms with E-state index in [9.17, 15) is 9.59 Å². The molecule has 148 valence electrons. The van der Waals surface area contributed by atoms with Gasteiger partial charge in [0.1, 0.15) is 0 Å². The first-order chi connectivity index (χ1) is 12.8. The van der Waals surface area contributed by atoms with Crippen molar-refractivity contribution in [3.05, 3.63) is 34.9 Å². The summed E-state index contributed by atoms with van der Waals surface area (Å²) < 4.78 is 0. The summed E-state index contributed by atoms with van der Waals surface area (Å²) >= 11 is 0. The zero-order valence-corrected chi connectivity index (χ0v) is 17.3. The fraction of sp³-hybridized carbons (Fsp3) is 0.636. The van der Waals surface area contributed by atoms with E-state index in [0.717, 1.165) is 51.1 Å². The van der Waals surface area contributed by atoms with Crippen molar-refractivity contribution in [2.45, 2.75) is 52.0 Å². The summed E-state index contributed by atoms with van der Waals surface area (Å²) in [5.41, 5.74) is 3.42. The molecule has 5 nitrogen and oxygen atoms in total. The van der Waals surface area contributed by atoms with Crippen LogP contribution in [0.1, 0.15) is 42.9 Å². The molecule has 3 rings (SSSR count). The molecule has 5 heteroatoms. The second-order valence-electron chi connectivity index (χ2n) is 8.29. The Morgan fingerprint density at radius 2 is 1.93 bits per heavy atom. The Labute approximate surface area is 163 Å². The first kappa shape index (κ1) is 19.9. The van der Waals surface area contributed by atoms with Crippen LogP contribution in [0.25, 0.3) is 0 Å². The lowest BCUT2D eigenvalue weighted by molar-refractivity contribution is -0.136. The second-order valence-corrected chi connectivity index (χ2v) is 8.29. The molecule has 2 saturated heterocycles. The summed E-state index contributed by atoms with van der Waals surface area (Å²) in [6.07, 6.45) is 2.83. The lowest BCUT2D eigenvalue weighted by Gasteiger charge is -2.49. The van der Waals surface area contributed by atoms with E-state index in [1.807, 2.05) is 16.7 Å². The highest BCUT2D eigenvalue weighted by Gasteiger charge is 2.43. The summed E-state index contributed by atoms with van der Waals surface area (Å²) in [5.74, 6) is 0.459. The zero-order valence-electron chi connectivity index (χ0n) is 17.3. The Kier molecular flexibility index (Phi) is 5.89. The number of likely N-dealkylation sites (N-methyl/N-ethyl adjacent to an activating group) is 1. The molecule has 1 aromatic carbocycles. The molecule has 2 aliphatic rings. The van der Waals surface area contributed by atoms with Crippen LogP contribution in [0.3, 0.4) is 0 Å². The number of carbonyl (C=O) groups excluding carboxylic acids is 2. The summed E-state index contributed by atoms with van der Waals surface area (Å²) in [4.78, 5) is 31.8. The van der Waals surface area contributed by atoms with E-state index in [0.29, 0.717) is 12.8 Å². The van der Waals surface area contributed by atoms with Gasteiger partial charge >= 0.3 is 0 Å². The van der Waals surface area contributed by atoms with Crippen LogP contribution in [-0.2, 0) is 16.0 Å². The van der Waals surface area contributed by atoms with E-state index in [1.165, 1.54) is 11.1 Å². The van der Waals surface area contributed by atoms with Crippen LogP contribution in [0.4, 0.5) is 0 Å². The average molecular weight is 372 g/mol. The van der Waals surface area contributed by atoms with E-state index in [1.54, 1.807) is 0 Å². The van der Waals surface area contributed by atoms with Crippen molar-refractivity contribution < 1.29 is 9.59 Å². The topological polar surface area (TPSA) is 43.9 Å². The second kappa shape index (κ2) is 8.01. The van der Waals surface area contributed by atoms with Gasteiger partial charge in [0.05, 0.1) is 6.42 Å². The molecule has 2 heterocycles. The summed E-state index contributed by atoms with van der Waals surface area (Å²) in [6.45, 7) is 10.1. The summed E-state index contributed by atoms with van der Waals surface area (Å²) in [7, 11) is 2.15. The molecule has 0 bridgehead atoms. The van der Waals surface area contributed by atoms with Crippen LogP contribution in [0.2, 0.25) is 0 Å². The number of hydrogen-bond donors (Lipinski definition) is 0. The molecular weight excluding hydrogens is 338 g/mol. The molecule has 0 saturated carbocycles. The molecule has 2 fully saturated rings. The van der Waals surface area contributed by atoms with Gasteiger partial charge in [0.2, 0.25) is 11.8 Å². The molecule has 27 heavy (non-hydrogen) atoms. The van der Waals surface area contributed by atoms with E-state index in [-0.39, 0.29) is 17.4 Å². The average Bonchev–Trinajstić information content (AvgIpc) is 2.80. The van der Waals surface area contributed by atoms with Crippen molar-refractivity contribution >= 4 is 11.8 Å². The maximum Gasteiger partial charge on any atom is 0.227 e. The third kappa shape index (κ3) is 4.18. The number of carbonyl (C=O) groups is 2. The minimum Gasteiger partial charge on any atom is -0.343 e. The minimum atomic E-state index is -0.0743. The third-order valence-corrected chi connectivity index (χ3v) is 6.59. The number of benzene rings is 1. The highest BCUT2D eigenvalue weighted by molar-refractivity contribution is 5.80. The Bertz CT molecular complexity index is 718. The molecule has 0 aromatic heterocycles. The fourth-order valence-corrected chi connectivity index (χ4v) is 4.51. The van der Waals surface area contributed by atoms with Crippen molar-refractivity contribution in [2.75, 3.05) is 39.8 Å². The molecule has 1 spiro atoms. The van der Waals surface area contributed by atoms with Crippen LogP contribution in [0, 0.1) is 13.8 Å². The SMILES string of the molecule is CCN1CC[C@@]2(CCC1=O)CN(C(=O)Cc1cc(C)ccc1C)CCN2C. The number of hydrogen-bond acceptors (Lipinski definition) is 3. The van der Waals surface area contributed by atoms with Gasteiger partial charge in [-0.25, -0.2) is 0 Å². The lowest BCUT2D eigenvalue weighted by Crippen LogP contribution is -2.62. The van der Waals surface area contributed by atoms with Crippen LogP contribution < -0.4 is 0 Å². The summed E-state index contributed by atoms with van der Waals surface area (Å²) in [6, 6.07) is 6.32. The number of piperazine rings is 1. The largest absolute Gasteiger partial charge is 0.343 e. The number of nitrogens with zero attached hydrogens (tertiary/aromatic N) is 3. The van der Waals surface area contributed by atoms with Gasteiger partial charge in [-0.3, -0.25) is 14.5 Å². The number of amides is 2. The molecule has 0 unspecified atom stereocenters.